The van der Waals surface area contributed by atoms with Crippen LogP contribution in [-0.4, -0.2) is 12.5 Å². The van der Waals surface area contributed by atoms with E-state index in [1.54, 1.807) is 13.0 Å². The van der Waals surface area contributed by atoms with E-state index in [9.17, 15) is 9.18 Å². The molecule has 0 aliphatic heterocycles. The highest BCUT2D eigenvalue weighted by Gasteiger charge is 2.10. The maximum atomic E-state index is 13.5. The Morgan fingerprint density at radius 2 is 1.90 bits per heavy atom. The molecule has 2 aromatic rings. The van der Waals surface area contributed by atoms with Gasteiger partial charge in [0.15, 0.2) is 0 Å². The molecular formula is C17H19FN2O. The number of aryl methyl sites for hydroxylation is 1. The third kappa shape index (κ3) is 4.31. The van der Waals surface area contributed by atoms with E-state index in [2.05, 4.69) is 10.6 Å². The molecule has 0 spiro atoms. The van der Waals surface area contributed by atoms with Gasteiger partial charge in [-0.3, -0.25) is 4.79 Å². The molecule has 4 heteroatoms. The zero-order chi connectivity index (χ0) is 15.2. The summed E-state index contributed by atoms with van der Waals surface area (Å²) in [7, 11) is 0. The maximum Gasteiger partial charge on any atom is 0.239 e. The second kappa shape index (κ2) is 6.88. The number of amides is 1. The van der Waals surface area contributed by atoms with Gasteiger partial charge in [-0.05, 0) is 43.2 Å². The number of carbonyl (C=O) groups excluding carboxylic acids is 1. The van der Waals surface area contributed by atoms with Crippen LogP contribution in [0.15, 0.2) is 48.5 Å². The van der Waals surface area contributed by atoms with Crippen molar-refractivity contribution in [3.63, 3.8) is 0 Å². The summed E-state index contributed by atoms with van der Waals surface area (Å²) in [5.74, 6) is -0.386. The number of hydrogen-bond acceptors (Lipinski definition) is 2. The van der Waals surface area contributed by atoms with E-state index in [4.69, 9.17) is 0 Å². The van der Waals surface area contributed by atoms with Crippen molar-refractivity contribution >= 4 is 11.6 Å². The lowest BCUT2D eigenvalue weighted by atomic mass is 10.1. The van der Waals surface area contributed by atoms with Gasteiger partial charge in [-0.25, -0.2) is 4.39 Å². The van der Waals surface area contributed by atoms with Gasteiger partial charge in [0.1, 0.15) is 5.82 Å². The van der Waals surface area contributed by atoms with Crippen molar-refractivity contribution in [2.24, 2.45) is 0 Å². The van der Waals surface area contributed by atoms with Crippen LogP contribution in [0.3, 0.4) is 0 Å². The van der Waals surface area contributed by atoms with Crippen molar-refractivity contribution in [2.45, 2.75) is 19.9 Å². The zero-order valence-electron chi connectivity index (χ0n) is 12.2. The molecule has 2 N–H and O–H groups in total. The highest BCUT2D eigenvalue weighted by atomic mass is 19.1. The van der Waals surface area contributed by atoms with E-state index in [0.717, 1.165) is 11.3 Å². The number of carbonyl (C=O) groups is 1. The van der Waals surface area contributed by atoms with Gasteiger partial charge in [0.25, 0.3) is 0 Å². The molecule has 1 atom stereocenters. The molecule has 0 radical (unpaired) electrons. The van der Waals surface area contributed by atoms with Crippen LogP contribution in [0.25, 0.3) is 0 Å². The van der Waals surface area contributed by atoms with Crippen molar-refractivity contribution in [3.05, 3.63) is 65.5 Å². The van der Waals surface area contributed by atoms with Crippen LogP contribution in [0.5, 0.6) is 0 Å². The number of hydrogen-bond donors (Lipinski definition) is 2. The molecule has 0 saturated heterocycles. The lowest BCUT2D eigenvalue weighted by molar-refractivity contribution is -0.120. The molecule has 3 nitrogen and oxygen atoms in total. The van der Waals surface area contributed by atoms with Crippen LogP contribution >= 0.6 is 0 Å². The minimum Gasteiger partial charge on any atom is -0.376 e. The fraction of sp³-hybridized carbons (Fsp3) is 0.235. The Morgan fingerprint density at radius 1 is 1.19 bits per heavy atom. The van der Waals surface area contributed by atoms with Crippen molar-refractivity contribution in [2.75, 3.05) is 11.9 Å². The predicted molar refractivity (Wildman–Crippen MR) is 82.6 cm³/mol. The van der Waals surface area contributed by atoms with Crippen molar-refractivity contribution in [1.82, 2.24) is 5.32 Å². The van der Waals surface area contributed by atoms with Crippen LogP contribution in [0.1, 0.15) is 24.1 Å². The molecule has 0 aliphatic rings. The van der Waals surface area contributed by atoms with Gasteiger partial charge in [-0.1, -0.05) is 30.3 Å². The van der Waals surface area contributed by atoms with Gasteiger partial charge in [0.2, 0.25) is 5.91 Å². The number of rotatable bonds is 5. The molecule has 0 heterocycles. The minimum absolute atomic E-state index is 0.132. The molecule has 1 unspecified atom stereocenters. The summed E-state index contributed by atoms with van der Waals surface area (Å²) >= 11 is 0. The molecule has 0 saturated carbocycles. The summed E-state index contributed by atoms with van der Waals surface area (Å²) in [6.45, 7) is 3.74. The first-order chi connectivity index (χ1) is 10.1. The second-order valence-electron chi connectivity index (χ2n) is 5.02. The quantitative estimate of drug-likeness (QED) is 0.884. The van der Waals surface area contributed by atoms with Gasteiger partial charge < -0.3 is 10.6 Å². The third-order valence-electron chi connectivity index (χ3n) is 3.30. The Bertz CT molecular complexity index is 613. The van der Waals surface area contributed by atoms with Crippen molar-refractivity contribution in [3.8, 4) is 0 Å². The Kier molecular flexibility index (Phi) is 4.93. The summed E-state index contributed by atoms with van der Waals surface area (Å²) in [5, 5.41) is 5.88. The lowest BCUT2D eigenvalue weighted by Gasteiger charge is -2.15. The van der Waals surface area contributed by atoms with E-state index in [-0.39, 0.29) is 24.3 Å². The predicted octanol–water partition coefficient (Wildman–Crippen LogP) is 3.42. The molecule has 21 heavy (non-hydrogen) atoms. The molecule has 2 rings (SSSR count). The molecule has 2 aromatic carbocycles. The van der Waals surface area contributed by atoms with Gasteiger partial charge in [0.05, 0.1) is 12.6 Å². The number of benzene rings is 2. The monoisotopic (exact) mass is 286 g/mol. The molecule has 0 bridgehead atoms. The van der Waals surface area contributed by atoms with E-state index in [1.165, 1.54) is 6.07 Å². The van der Waals surface area contributed by atoms with Crippen LogP contribution in [0.4, 0.5) is 10.1 Å². The minimum atomic E-state index is -0.254. The highest BCUT2D eigenvalue weighted by Crippen LogP contribution is 2.16. The smallest absolute Gasteiger partial charge is 0.239 e. The van der Waals surface area contributed by atoms with E-state index < -0.39 is 0 Å². The summed E-state index contributed by atoms with van der Waals surface area (Å²) in [5.41, 5.74) is 2.25. The summed E-state index contributed by atoms with van der Waals surface area (Å²) in [6, 6.07) is 14.3. The Balaban J connectivity index is 1.88. The fourth-order valence-electron chi connectivity index (χ4n) is 1.99. The largest absolute Gasteiger partial charge is 0.376 e. The number of para-hydroxylation sites is 1. The normalized spacial score (nSPS) is 11.8. The van der Waals surface area contributed by atoms with E-state index in [0.29, 0.717) is 5.56 Å². The summed E-state index contributed by atoms with van der Waals surface area (Å²) in [6.07, 6.45) is 0. The molecule has 0 aromatic heterocycles. The van der Waals surface area contributed by atoms with Crippen LogP contribution in [-0.2, 0) is 4.79 Å². The number of anilines is 1. The molecule has 110 valence electrons. The fourth-order valence-corrected chi connectivity index (χ4v) is 1.99. The first kappa shape index (κ1) is 15.0. The maximum absolute atomic E-state index is 13.5. The van der Waals surface area contributed by atoms with Gasteiger partial charge in [0, 0.05) is 5.69 Å². The van der Waals surface area contributed by atoms with Gasteiger partial charge >= 0.3 is 0 Å². The molecule has 1 amide bonds. The standard InChI is InChI=1S/C17H19FN2O/c1-12-8-9-14(10-16(12)18)13(2)20-17(21)11-19-15-6-4-3-5-7-15/h3-10,13,19H,11H2,1-2H3,(H,20,21). The molecular weight excluding hydrogens is 267 g/mol. The SMILES string of the molecule is Cc1ccc(C(C)NC(=O)CNc2ccccc2)cc1F. The average Bonchev–Trinajstić information content (AvgIpc) is 2.49. The second-order valence-corrected chi connectivity index (χ2v) is 5.02. The number of halogens is 1. The van der Waals surface area contributed by atoms with Crippen molar-refractivity contribution in [1.29, 1.82) is 0 Å². The highest BCUT2D eigenvalue weighted by molar-refractivity contribution is 5.81. The summed E-state index contributed by atoms with van der Waals surface area (Å²) < 4.78 is 13.5. The zero-order valence-corrected chi connectivity index (χ0v) is 12.2. The number of nitrogens with one attached hydrogen (secondary N) is 2. The summed E-state index contributed by atoms with van der Waals surface area (Å²) in [4.78, 5) is 11.9. The Hall–Kier alpha value is -2.36. The van der Waals surface area contributed by atoms with Crippen LogP contribution in [0, 0.1) is 12.7 Å². The van der Waals surface area contributed by atoms with Crippen LogP contribution < -0.4 is 10.6 Å². The van der Waals surface area contributed by atoms with Gasteiger partial charge in [-0.15, -0.1) is 0 Å². The Morgan fingerprint density at radius 3 is 2.57 bits per heavy atom. The molecule has 0 fully saturated rings. The third-order valence-corrected chi connectivity index (χ3v) is 3.30. The average molecular weight is 286 g/mol. The van der Waals surface area contributed by atoms with Crippen LogP contribution in [0.2, 0.25) is 0 Å². The first-order valence-corrected chi connectivity index (χ1v) is 6.90. The lowest BCUT2D eigenvalue weighted by Crippen LogP contribution is -2.32. The Labute approximate surface area is 124 Å². The van der Waals surface area contributed by atoms with E-state index >= 15 is 0 Å². The van der Waals surface area contributed by atoms with Gasteiger partial charge in [-0.2, -0.15) is 0 Å². The molecule has 0 aliphatic carbocycles. The van der Waals surface area contributed by atoms with Crippen molar-refractivity contribution < 1.29 is 9.18 Å². The first-order valence-electron chi connectivity index (χ1n) is 6.90. The topological polar surface area (TPSA) is 41.1 Å². The van der Waals surface area contributed by atoms with E-state index in [1.807, 2.05) is 43.3 Å².